The molecule has 0 atom stereocenters. The molecule has 39 heavy (non-hydrogen) atoms. The number of fused-ring (bicyclic) bond motifs is 3. The number of benzene rings is 4. The highest BCUT2D eigenvalue weighted by atomic mass is 16.3. The molecular weight excluding hydrogens is 478 g/mol. The zero-order valence-electron chi connectivity index (χ0n) is 21.1. The van der Waals surface area contributed by atoms with Crippen molar-refractivity contribution in [2.45, 2.75) is 6.42 Å². The SMILES string of the molecule is C=C/C(C#N)=C\Cc1ccc(-c2ccc3oc4ccc(-c5ccc(-c6cc(C#N)c[nH]6)cc5)cc4c3c2)cc1. The Morgan fingerprint density at radius 3 is 1.85 bits per heavy atom. The number of hydrogen-bond acceptors (Lipinski definition) is 3. The average molecular weight is 502 g/mol. The summed E-state index contributed by atoms with van der Waals surface area (Å²) in [5.41, 5.74) is 10.5. The molecule has 0 saturated heterocycles. The molecule has 6 rings (SSSR count). The maximum Gasteiger partial charge on any atom is 0.135 e. The quantitative estimate of drug-likeness (QED) is 0.183. The largest absolute Gasteiger partial charge is 0.456 e. The minimum atomic E-state index is 0.585. The van der Waals surface area contributed by atoms with Crippen LogP contribution in [0.15, 0.2) is 126 Å². The van der Waals surface area contributed by atoms with E-state index in [0.29, 0.717) is 17.6 Å². The van der Waals surface area contributed by atoms with Crippen molar-refractivity contribution < 1.29 is 4.42 Å². The fourth-order valence-corrected chi connectivity index (χ4v) is 4.84. The Kier molecular flexibility index (Phi) is 6.13. The molecule has 4 nitrogen and oxygen atoms in total. The summed E-state index contributed by atoms with van der Waals surface area (Å²) >= 11 is 0. The van der Waals surface area contributed by atoms with Crippen LogP contribution in [0.2, 0.25) is 0 Å². The number of nitrogens with zero attached hydrogens (tertiary/aromatic N) is 2. The molecule has 0 spiro atoms. The number of aromatic amines is 1. The summed E-state index contributed by atoms with van der Waals surface area (Å²) in [6.45, 7) is 3.67. The molecule has 2 heterocycles. The third kappa shape index (κ3) is 4.64. The average Bonchev–Trinajstić information content (AvgIpc) is 3.62. The summed E-state index contributed by atoms with van der Waals surface area (Å²) in [4.78, 5) is 3.16. The van der Waals surface area contributed by atoms with Crippen molar-refractivity contribution in [1.29, 1.82) is 10.5 Å². The Morgan fingerprint density at radius 1 is 0.744 bits per heavy atom. The molecule has 0 aliphatic rings. The Bertz CT molecular complexity index is 1950. The van der Waals surface area contributed by atoms with E-state index in [-0.39, 0.29) is 0 Å². The van der Waals surface area contributed by atoms with Gasteiger partial charge in [0.05, 0.1) is 11.6 Å². The number of furan rings is 1. The van der Waals surface area contributed by atoms with Crippen molar-refractivity contribution in [3.63, 3.8) is 0 Å². The van der Waals surface area contributed by atoms with Crippen LogP contribution in [0.5, 0.6) is 0 Å². The lowest BCUT2D eigenvalue weighted by Gasteiger charge is -2.05. The van der Waals surface area contributed by atoms with Crippen LogP contribution in [0.25, 0.3) is 55.4 Å². The van der Waals surface area contributed by atoms with Gasteiger partial charge in [0.15, 0.2) is 0 Å². The number of H-pyrrole nitrogens is 1. The minimum absolute atomic E-state index is 0.585. The van der Waals surface area contributed by atoms with Crippen LogP contribution in [-0.4, -0.2) is 4.98 Å². The van der Waals surface area contributed by atoms with Crippen molar-refractivity contribution in [3.8, 4) is 45.6 Å². The van der Waals surface area contributed by atoms with Gasteiger partial charge in [0.2, 0.25) is 0 Å². The number of aromatic nitrogens is 1. The van der Waals surface area contributed by atoms with E-state index in [2.05, 4.69) is 96.5 Å². The van der Waals surface area contributed by atoms with E-state index in [1.165, 1.54) is 0 Å². The highest BCUT2D eigenvalue weighted by molar-refractivity contribution is 6.07. The van der Waals surface area contributed by atoms with Crippen molar-refractivity contribution >= 4 is 21.9 Å². The van der Waals surface area contributed by atoms with Crippen LogP contribution in [0.4, 0.5) is 0 Å². The fraction of sp³-hybridized carbons (Fsp3) is 0.0286. The van der Waals surface area contributed by atoms with Crippen molar-refractivity contribution in [3.05, 3.63) is 133 Å². The van der Waals surface area contributed by atoms with Gasteiger partial charge in [0.1, 0.15) is 17.2 Å². The van der Waals surface area contributed by atoms with Gasteiger partial charge >= 0.3 is 0 Å². The van der Waals surface area contributed by atoms with Gasteiger partial charge < -0.3 is 9.40 Å². The van der Waals surface area contributed by atoms with E-state index in [0.717, 1.165) is 61.0 Å². The van der Waals surface area contributed by atoms with Crippen LogP contribution in [0.1, 0.15) is 11.1 Å². The Hall–Kier alpha value is -5.58. The molecule has 4 aromatic carbocycles. The van der Waals surface area contributed by atoms with E-state index in [1.54, 1.807) is 12.3 Å². The number of nitriles is 2. The third-order valence-electron chi connectivity index (χ3n) is 7.00. The summed E-state index contributed by atoms with van der Waals surface area (Å²) in [6.07, 6.45) is 5.88. The first-order valence-corrected chi connectivity index (χ1v) is 12.6. The Morgan fingerprint density at radius 2 is 1.31 bits per heavy atom. The predicted octanol–water partition coefficient (Wildman–Crippen LogP) is 8.97. The number of nitrogens with one attached hydrogen (secondary N) is 1. The van der Waals surface area contributed by atoms with Crippen molar-refractivity contribution in [2.24, 2.45) is 0 Å². The van der Waals surface area contributed by atoms with Crippen LogP contribution < -0.4 is 0 Å². The van der Waals surface area contributed by atoms with Crippen molar-refractivity contribution in [1.82, 2.24) is 4.98 Å². The van der Waals surface area contributed by atoms with Crippen LogP contribution in [-0.2, 0) is 6.42 Å². The summed E-state index contributed by atoms with van der Waals surface area (Å²) < 4.78 is 6.15. The van der Waals surface area contributed by atoms with E-state index < -0.39 is 0 Å². The van der Waals surface area contributed by atoms with Crippen LogP contribution >= 0.6 is 0 Å². The number of rotatable bonds is 6. The number of hydrogen-bond donors (Lipinski definition) is 1. The first-order chi connectivity index (χ1) is 19.1. The van der Waals surface area contributed by atoms with Crippen molar-refractivity contribution in [2.75, 3.05) is 0 Å². The molecule has 0 amide bonds. The zero-order chi connectivity index (χ0) is 26.8. The Balaban J connectivity index is 1.31. The smallest absolute Gasteiger partial charge is 0.135 e. The van der Waals surface area contributed by atoms with Crippen LogP contribution in [0.3, 0.4) is 0 Å². The summed E-state index contributed by atoms with van der Waals surface area (Å²) in [5.74, 6) is 0. The second-order valence-corrected chi connectivity index (χ2v) is 9.39. The lowest BCUT2D eigenvalue weighted by atomic mass is 9.98. The highest BCUT2D eigenvalue weighted by Gasteiger charge is 2.11. The van der Waals surface area contributed by atoms with Gasteiger partial charge in [-0.1, -0.05) is 79.4 Å². The minimum Gasteiger partial charge on any atom is -0.456 e. The van der Waals surface area contributed by atoms with E-state index in [9.17, 15) is 0 Å². The zero-order valence-corrected chi connectivity index (χ0v) is 21.1. The maximum atomic E-state index is 9.09. The molecule has 0 unspecified atom stereocenters. The molecule has 0 saturated carbocycles. The molecule has 0 fully saturated rings. The van der Waals surface area contributed by atoms with E-state index >= 15 is 0 Å². The lowest BCUT2D eigenvalue weighted by molar-refractivity contribution is 0.669. The van der Waals surface area contributed by atoms with Gasteiger partial charge in [-0.25, -0.2) is 0 Å². The normalized spacial score (nSPS) is 11.4. The molecule has 2 aromatic heterocycles. The fourth-order valence-electron chi connectivity index (χ4n) is 4.84. The summed E-state index contributed by atoms with van der Waals surface area (Å²) in [6, 6.07) is 35.5. The van der Waals surface area contributed by atoms with Gasteiger partial charge in [-0.3, -0.25) is 0 Å². The second kappa shape index (κ2) is 10.1. The monoisotopic (exact) mass is 501 g/mol. The maximum absolute atomic E-state index is 9.09. The first kappa shape index (κ1) is 23.8. The first-order valence-electron chi connectivity index (χ1n) is 12.6. The second-order valence-electron chi connectivity index (χ2n) is 9.39. The highest BCUT2D eigenvalue weighted by Crippen LogP contribution is 2.35. The number of allylic oxidation sites excluding steroid dienone is 3. The lowest BCUT2D eigenvalue weighted by Crippen LogP contribution is -1.84. The molecule has 184 valence electrons. The van der Waals surface area contributed by atoms with Gasteiger partial charge in [-0.05, 0) is 70.1 Å². The van der Waals surface area contributed by atoms with E-state index in [4.69, 9.17) is 14.9 Å². The summed E-state index contributed by atoms with van der Waals surface area (Å²) in [5, 5.41) is 20.3. The molecule has 0 aliphatic carbocycles. The standard InChI is InChI=1S/C35H23N3O/c1-2-23(20-36)3-4-24-5-7-26(8-6-24)29-13-15-34-31(18-29)32-19-30(14-16-35(32)39-34)27-9-11-28(12-10-27)33-17-25(21-37)22-38-33/h2-3,5-19,22,38H,1,4H2/b23-3+. The van der Waals surface area contributed by atoms with Gasteiger partial charge in [-0.15, -0.1) is 0 Å². The van der Waals surface area contributed by atoms with Gasteiger partial charge in [0.25, 0.3) is 0 Å². The molecule has 0 aliphatic heterocycles. The molecule has 0 bridgehead atoms. The molecular formula is C35H23N3O. The van der Waals surface area contributed by atoms with Gasteiger partial charge in [-0.2, -0.15) is 10.5 Å². The van der Waals surface area contributed by atoms with Gasteiger partial charge in [0, 0.05) is 28.2 Å². The molecule has 1 N–H and O–H groups in total. The molecule has 4 heteroatoms. The molecule has 0 radical (unpaired) electrons. The van der Waals surface area contributed by atoms with E-state index in [1.807, 2.05) is 24.3 Å². The summed E-state index contributed by atoms with van der Waals surface area (Å²) in [7, 11) is 0. The van der Waals surface area contributed by atoms with Crippen LogP contribution in [0, 0.1) is 22.7 Å². The predicted molar refractivity (Wildman–Crippen MR) is 157 cm³/mol. The third-order valence-corrected chi connectivity index (χ3v) is 7.00. The molecule has 6 aromatic rings. The topological polar surface area (TPSA) is 76.5 Å². The Labute approximate surface area is 226 Å².